The first-order valence-corrected chi connectivity index (χ1v) is 6.28. The number of unbranched alkanes of at least 4 members (excludes halogenated alkanes) is 2. The first kappa shape index (κ1) is 14.1. The third-order valence-corrected chi connectivity index (χ3v) is 2.58. The molecule has 0 amide bonds. The van der Waals surface area contributed by atoms with E-state index < -0.39 is 0 Å². The number of ketones is 1. The molecule has 0 fully saturated rings. The van der Waals surface area contributed by atoms with Gasteiger partial charge >= 0.3 is 0 Å². The van der Waals surface area contributed by atoms with Gasteiger partial charge in [0.15, 0.2) is 0 Å². The molecule has 1 aromatic rings. The van der Waals surface area contributed by atoms with Crippen LogP contribution >= 0.6 is 0 Å². The number of nitrogens with zero attached hydrogens (tertiary/aromatic N) is 2. The molecular formula is C15H18N2O. The van der Waals surface area contributed by atoms with E-state index in [4.69, 9.17) is 5.26 Å². The highest BCUT2D eigenvalue weighted by atomic mass is 16.1. The van der Waals surface area contributed by atoms with Crippen molar-refractivity contribution in [3.05, 3.63) is 36.2 Å². The van der Waals surface area contributed by atoms with Crippen molar-refractivity contribution in [2.75, 3.05) is 0 Å². The lowest BCUT2D eigenvalue weighted by Gasteiger charge is -1.97. The summed E-state index contributed by atoms with van der Waals surface area (Å²) in [6.45, 7) is 0. The van der Waals surface area contributed by atoms with Crippen LogP contribution in [0.3, 0.4) is 0 Å². The highest BCUT2D eigenvalue weighted by Crippen LogP contribution is 2.06. The molecule has 0 bridgehead atoms. The maximum atomic E-state index is 11.5. The van der Waals surface area contributed by atoms with Gasteiger partial charge in [-0.25, -0.2) is 0 Å². The highest BCUT2D eigenvalue weighted by molar-refractivity contribution is 5.78. The molecule has 0 unspecified atom stereocenters. The van der Waals surface area contributed by atoms with Gasteiger partial charge in [0.05, 0.1) is 6.07 Å². The lowest BCUT2D eigenvalue weighted by atomic mass is 10.1. The number of nitriles is 1. The third kappa shape index (κ3) is 6.59. The number of allylic oxidation sites excluding steroid dienone is 1. The van der Waals surface area contributed by atoms with E-state index in [2.05, 4.69) is 11.1 Å². The van der Waals surface area contributed by atoms with E-state index in [0.29, 0.717) is 19.3 Å². The molecule has 0 radical (unpaired) electrons. The molecule has 1 heterocycles. The van der Waals surface area contributed by atoms with Crippen molar-refractivity contribution in [1.29, 1.82) is 5.26 Å². The smallest absolute Gasteiger partial charge is 0.133 e. The van der Waals surface area contributed by atoms with Crippen LogP contribution in [0.25, 0.3) is 6.08 Å². The van der Waals surface area contributed by atoms with Crippen LogP contribution in [0.1, 0.15) is 44.1 Å². The number of hydrogen-bond donors (Lipinski definition) is 0. The molecule has 0 saturated carbocycles. The summed E-state index contributed by atoms with van der Waals surface area (Å²) in [4.78, 5) is 15.5. The van der Waals surface area contributed by atoms with Crippen molar-refractivity contribution in [3.63, 3.8) is 0 Å². The summed E-state index contributed by atoms with van der Waals surface area (Å²) in [5.41, 5.74) is 1.05. The molecule has 0 aromatic carbocycles. The van der Waals surface area contributed by atoms with Gasteiger partial charge in [-0.15, -0.1) is 0 Å². The Bertz CT molecular complexity index is 418. The fourth-order valence-corrected chi connectivity index (χ4v) is 1.59. The summed E-state index contributed by atoms with van der Waals surface area (Å²) in [6.07, 6.45) is 11.7. The van der Waals surface area contributed by atoms with Crippen LogP contribution in [-0.2, 0) is 4.79 Å². The van der Waals surface area contributed by atoms with Crippen molar-refractivity contribution in [2.24, 2.45) is 0 Å². The quantitative estimate of drug-likeness (QED) is 0.655. The van der Waals surface area contributed by atoms with Crippen LogP contribution in [0.2, 0.25) is 0 Å². The van der Waals surface area contributed by atoms with Gasteiger partial charge in [-0.1, -0.05) is 18.2 Å². The summed E-state index contributed by atoms with van der Waals surface area (Å²) >= 11 is 0. The first-order valence-electron chi connectivity index (χ1n) is 6.28. The van der Waals surface area contributed by atoms with Crippen LogP contribution in [0.4, 0.5) is 0 Å². The number of carbonyl (C=O) groups excluding carboxylic acids is 1. The maximum absolute atomic E-state index is 11.5. The number of Topliss-reactive ketones (excluding diaryl/α,β-unsaturated/α-hetero) is 1. The third-order valence-electron chi connectivity index (χ3n) is 2.58. The second-order valence-corrected chi connectivity index (χ2v) is 4.13. The molecule has 1 rings (SSSR count). The lowest BCUT2D eigenvalue weighted by Crippen LogP contribution is -1.96. The van der Waals surface area contributed by atoms with Crippen molar-refractivity contribution in [1.82, 2.24) is 4.98 Å². The van der Waals surface area contributed by atoms with Gasteiger partial charge in [-0.2, -0.15) is 5.26 Å². The largest absolute Gasteiger partial charge is 0.300 e. The second-order valence-electron chi connectivity index (χ2n) is 4.13. The number of aromatic nitrogens is 1. The summed E-state index contributed by atoms with van der Waals surface area (Å²) in [5, 5.41) is 8.36. The van der Waals surface area contributed by atoms with Gasteiger partial charge < -0.3 is 0 Å². The Kier molecular flexibility index (Phi) is 7.15. The van der Waals surface area contributed by atoms with Crippen molar-refractivity contribution >= 4 is 11.9 Å². The molecule has 0 saturated heterocycles. The Morgan fingerprint density at radius 1 is 1.39 bits per heavy atom. The van der Waals surface area contributed by atoms with Crippen LogP contribution in [0.5, 0.6) is 0 Å². The zero-order chi connectivity index (χ0) is 13.1. The average Bonchev–Trinajstić information content (AvgIpc) is 2.41. The number of carbonyl (C=O) groups is 1. The molecule has 0 spiro atoms. The predicted molar refractivity (Wildman–Crippen MR) is 71.6 cm³/mol. The summed E-state index contributed by atoms with van der Waals surface area (Å²) in [6, 6.07) is 5.95. The second kappa shape index (κ2) is 9.12. The predicted octanol–water partition coefficient (Wildman–Crippen LogP) is 3.53. The van der Waals surface area contributed by atoms with E-state index in [1.54, 1.807) is 12.4 Å². The SMILES string of the molecule is N#CCCCCC(=O)CC/C=C/c1cccnc1. The van der Waals surface area contributed by atoms with Crippen molar-refractivity contribution in [3.8, 4) is 6.07 Å². The van der Waals surface area contributed by atoms with Gasteiger partial charge in [-0.05, 0) is 30.9 Å². The van der Waals surface area contributed by atoms with Crippen LogP contribution in [0, 0.1) is 11.3 Å². The molecule has 0 atom stereocenters. The molecule has 0 N–H and O–H groups in total. The molecule has 3 nitrogen and oxygen atoms in total. The zero-order valence-corrected chi connectivity index (χ0v) is 10.5. The van der Waals surface area contributed by atoms with Gasteiger partial charge in [0, 0.05) is 31.7 Å². The Morgan fingerprint density at radius 3 is 3.00 bits per heavy atom. The van der Waals surface area contributed by atoms with E-state index in [1.165, 1.54) is 0 Å². The molecule has 0 aliphatic carbocycles. The Labute approximate surface area is 108 Å². The van der Waals surface area contributed by atoms with Crippen molar-refractivity contribution in [2.45, 2.75) is 38.5 Å². The van der Waals surface area contributed by atoms with Gasteiger partial charge in [0.1, 0.15) is 5.78 Å². The fourth-order valence-electron chi connectivity index (χ4n) is 1.59. The molecule has 0 aliphatic rings. The monoisotopic (exact) mass is 242 g/mol. The van der Waals surface area contributed by atoms with E-state index in [9.17, 15) is 4.79 Å². The van der Waals surface area contributed by atoms with Crippen LogP contribution in [-0.4, -0.2) is 10.8 Å². The van der Waals surface area contributed by atoms with E-state index in [1.807, 2.05) is 24.3 Å². The van der Waals surface area contributed by atoms with E-state index >= 15 is 0 Å². The Balaban J connectivity index is 2.12. The molecular weight excluding hydrogens is 224 g/mol. The molecule has 0 aliphatic heterocycles. The van der Waals surface area contributed by atoms with Gasteiger partial charge in [0.25, 0.3) is 0 Å². The van der Waals surface area contributed by atoms with Crippen LogP contribution in [0.15, 0.2) is 30.6 Å². The average molecular weight is 242 g/mol. The molecule has 18 heavy (non-hydrogen) atoms. The summed E-state index contributed by atoms with van der Waals surface area (Å²) in [7, 11) is 0. The fraction of sp³-hybridized carbons (Fsp3) is 0.400. The zero-order valence-electron chi connectivity index (χ0n) is 10.5. The summed E-state index contributed by atoms with van der Waals surface area (Å²) in [5.74, 6) is 0.281. The Hall–Kier alpha value is -1.95. The van der Waals surface area contributed by atoms with Crippen molar-refractivity contribution < 1.29 is 4.79 Å². The van der Waals surface area contributed by atoms with E-state index in [0.717, 1.165) is 24.8 Å². The summed E-state index contributed by atoms with van der Waals surface area (Å²) < 4.78 is 0. The van der Waals surface area contributed by atoms with Crippen LogP contribution < -0.4 is 0 Å². The van der Waals surface area contributed by atoms with E-state index in [-0.39, 0.29) is 5.78 Å². The van der Waals surface area contributed by atoms with Gasteiger partial charge in [-0.3, -0.25) is 9.78 Å². The topological polar surface area (TPSA) is 53.8 Å². The standard InChI is InChI=1S/C15H18N2O/c16-11-5-1-2-9-15(18)10-4-3-7-14-8-6-12-17-13-14/h3,6-8,12-13H,1-2,4-5,9-10H2/b7-3+. The minimum Gasteiger partial charge on any atom is -0.300 e. The minimum absolute atomic E-state index is 0.281. The lowest BCUT2D eigenvalue weighted by molar-refractivity contribution is -0.119. The maximum Gasteiger partial charge on any atom is 0.133 e. The minimum atomic E-state index is 0.281. The number of pyridine rings is 1. The highest BCUT2D eigenvalue weighted by Gasteiger charge is 1.99. The Morgan fingerprint density at radius 2 is 2.28 bits per heavy atom. The van der Waals surface area contributed by atoms with Gasteiger partial charge in [0.2, 0.25) is 0 Å². The number of rotatable bonds is 8. The normalized spacial score (nSPS) is 10.4. The molecule has 3 heteroatoms. The first-order chi connectivity index (χ1) is 8.83. The molecule has 1 aromatic heterocycles. The number of hydrogen-bond acceptors (Lipinski definition) is 3. The molecule has 94 valence electrons.